The third-order valence-electron chi connectivity index (χ3n) is 2.70. The van der Waals surface area contributed by atoms with Crippen LogP contribution in [0.5, 0.6) is 0 Å². The molecule has 0 saturated carbocycles. The highest BCUT2D eigenvalue weighted by molar-refractivity contribution is 6.31. The summed E-state index contributed by atoms with van der Waals surface area (Å²) in [6, 6.07) is 7.63. The second-order valence-corrected chi connectivity index (χ2v) is 4.23. The maximum absolute atomic E-state index is 13.3. The first-order valence-corrected chi connectivity index (χ1v) is 5.79. The van der Waals surface area contributed by atoms with Crippen molar-refractivity contribution in [2.45, 2.75) is 0 Å². The van der Waals surface area contributed by atoms with Gasteiger partial charge in [0.15, 0.2) is 0 Å². The van der Waals surface area contributed by atoms with Crippen LogP contribution in [0.15, 0.2) is 45.5 Å². The minimum atomic E-state index is -0.373. The average Bonchev–Trinajstić information content (AvgIpc) is 2.95. The van der Waals surface area contributed by atoms with Crippen molar-refractivity contribution in [3.05, 3.63) is 47.6 Å². The summed E-state index contributed by atoms with van der Waals surface area (Å²) in [6.45, 7) is 0. The van der Waals surface area contributed by atoms with Gasteiger partial charge in [-0.1, -0.05) is 17.3 Å². The molecule has 1 aromatic carbocycles. The Morgan fingerprint density at radius 2 is 2.11 bits per heavy atom. The molecule has 0 saturated heterocycles. The molecule has 19 heavy (non-hydrogen) atoms. The number of nitrogen functional groups attached to an aromatic ring is 1. The Hall–Kier alpha value is -2.27. The molecule has 0 unspecified atom stereocenters. The monoisotopic (exact) mass is 278 g/mol. The Morgan fingerprint density at radius 1 is 1.26 bits per heavy atom. The quantitative estimate of drug-likeness (QED) is 0.770. The van der Waals surface area contributed by atoms with Crippen molar-refractivity contribution < 1.29 is 13.3 Å². The minimum Gasteiger partial charge on any atom is -0.452 e. The molecule has 6 heteroatoms. The molecule has 0 bridgehead atoms. The number of aromatic nitrogens is 1. The molecule has 0 fully saturated rings. The summed E-state index contributed by atoms with van der Waals surface area (Å²) in [7, 11) is 0. The van der Waals surface area contributed by atoms with Crippen molar-refractivity contribution in [1.29, 1.82) is 0 Å². The lowest BCUT2D eigenvalue weighted by molar-refractivity contribution is 0.439. The number of nitrogens with zero attached hydrogens (tertiary/aromatic N) is 1. The summed E-state index contributed by atoms with van der Waals surface area (Å²) >= 11 is 5.91. The smallest absolute Gasteiger partial charge is 0.230 e. The van der Waals surface area contributed by atoms with Crippen LogP contribution in [0.4, 0.5) is 10.3 Å². The Morgan fingerprint density at radius 3 is 2.79 bits per heavy atom. The first-order chi connectivity index (χ1) is 9.16. The van der Waals surface area contributed by atoms with E-state index in [0.29, 0.717) is 22.4 Å². The van der Waals surface area contributed by atoms with Crippen molar-refractivity contribution in [1.82, 2.24) is 5.16 Å². The lowest BCUT2D eigenvalue weighted by atomic mass is 10.0. The van der Waals surface area contributed by atoms with Crippen molar-refractivity contribution in [2.75, 3.05) is 5.73 Å². The first kappa shape index (κ1) is 11.8. The number of benzene rings is 1. The van der Waals surface area contributed by atoms with Gasteiger partial charge in [-0.15, -0.1) is 0 Å². The predicted molar refractivity (Wildman–Crippen MR) is 69.0 cm³/mol. The van der Waals surface area contributed by atoms with Crippen LogP contribution in [0, 0.1) is 5.82 Å². The number of halogens is 2. The molecule has 2 heterocycles. The van der Waals surface area contributed by atoms with E-state index in [1.54, 1.807) is 18.2 Å². The molecule has 0 aliphatic rings. The van der Waals surface area contributed by atoms with Crippen molar-refractivity contribution in [3.8, 4) is 22.4 Å². The zero-order chi connectivity index (χ0) is 13.4. The third-order valence-corrected chi connectivity index (χ3v) is 3.00. The van der Waals surface area contributed by atoms with E-state index >= 15 is 0 Å². The SMILES string of the molecule is Nc1onc(-c2ccoc2Cl)c1-c1cccc(F)c1. The van der Waals surface area contributed by atoms with Gasteiger partial charge in [-0.2, -0.15) is 0 Å². The number of furan rings is 1. The number of nitrogens with two attached hydrogens (primary N) is 1. The highest BCUT2D eigenvalue weighted by atomic mass is 35.5. The molecular weight excluding hydrogens is 271 g/mol. The number of hydrogen-bond donors (Lipinski definition) is 1. The lowest BCUT2D eigenvalue weighted by Crippen LogP contribution is -1.88. The molecule has 2 N–H and O–H groups in total. The van der Waals surface area contributed by atoms with E-state index in [4.69, 9.17) is 26.3 Å². The second-order valence-electron chi connectivity index (χ2n) is 3.89. The highest BCUT2D eigenvalue weighted by Crippen LogP contribution is 2.39. The Kier molecular flexibility index (Phi) is 2.76. The van der Waals surface area contributed by atoms with Crippen LogP contribution in [-0.2, 0) is 0 Å². The predicted octanol–water partition coefficient (Wildman–Crippen LogP) is 3.98. The van der Waals surface area contributed by atoms with E-state index in [0.717, 1.165) is 0 Å². The van der Waals surface area contributed by atoms with Crippen LogP contribution < -0.4 is 5.73 Å². The topological polar surface area (TPSA) is 65.2 Å². The first-order valence-electron chi connectivity index (χ1n) is 5.41. The van der Waals surface area contributed by atoms with Gasteiger partial charge in [0.1, 0.15) is 11.5 Å². The van der Waals surface area contributed by atoms with Crippen LogP contribution >= 0.6 is 11.6 Å². The maximum Gasteiger partial charge on any atom is 0.230 e. The fourth-order valence-electron chi connectivity index (χ4n) is 1.87. The number of rotatable bonds is 2. The molecule has 0 spiro atoms. The van der Waals surface area contributed by atoms with Crippen molar-refractivity contribution in [2.24, 2.45) is 0 Å². The molecule has 96 valence electrons. The number of anilines is 1. The van der Waals surface area contributed by atoms with Crippen LogP contribution in [0.3, 0.4) is 0 Å². The fourth-order valence-corrected chi connectivity index (χ4v) is 2.08. The van der Waals surface area contributed by atoms with Gasteiger partial charge in [0, 0.05) is 0 Å². The van der Waals surface area contributed by atoms with E-state index < -0.39 is 0 Å². The summed E-state index contributed by atoms with van der Waals surface area (Å²) in [5, 5.41) is 4.03. The molecule has 0 aliphatic heterocycles. The maximum atomic E-state index is 13.3. The standard InChI is InChI=1S/C13H8ClFN2O2/c14-12-9(4-5-18-12)11-10(13(16)19-17-11)7-2-1-3-8(15)6-7/h1-6H,16H2. The van der Waals surface area contributed by atoms with E-state index in [1.165, 1.54) is 18.4 Å². The van der Waals surface area contributed by atoms with E-state index in [9.17, 15) is 4.39 Å². The van der Waals surface area contributed by atoms with Gasteiger partial charge >= 0.3 is 0 Å². The molecule has 2 aromatic heterocycles. The molecule has 4 nitrogen and oxygen atoms in total. The normalized spacial score (nSPS) is 10.8. The summed E-state index contributed by atoms with van der Waals surface area (Å²) < 4.78 is 23.3. The molecule has 0 amide bonds. The summed E-state index contributed by atoms with van der Waals surface area (Å²) in [4.78, 5) is 0. The van der Waals surface area contributed by atoms with E-state index in [1.807, 2.05) is 0 Å². The van der Waals surface area contributed by atoms with Crippen LogP contribution in [0.25, 0.3) is 22.4 Å². The summed E-state index contributed by atoms with van der Waals surface area (Å²) in [5.41, 5.74) is 7.77. The second kappa shape index (κ2) is 4.44. The van der Waals surface area contributed by atoms with E-state index in [-0.39, 0.29) is 16.9 Å². The van der Waals surface area contributed by atoms with Crippen molar-refractivity contribution >= 4 is 17.5 Å². The van der Waals surface area contributed by atoms with Gasteiger partial charge in [0.2, 0.25) is 11.1 Å². The van der Waals surface area contributed by atoms with E-state index in [2.05, 4.69) is 5.16 Å². The molecule has 3 aromatic rings. The Bertz CT molecular complexity index is 736. The number of hydrogen-bond acceptors (Lipinski definition) is 4. The summed E-state index contributed by atoms with van der Waals surface area (Å²) in [6.07, 6.45) is 1.43. The largest absolute Gasteiger partial charge is 0.452 e. The van der Waals surface area contributed by atoms with Gasteiger partial charge in [-0.05, 0) is 35.4 Å². The lowest BCUT2D eigenvalue weighted by Gasteiger charge is -2.01. The van der Waals surface area contributed by atoms with Gasteiger partial charge < -0.3 is 14.7 Å². The molecule has 0 radical (unpaired) electrons. The molecule has 0 atom stereocenters. The van der Waals surface area contributed by atoms with Crippen LogP contribution in [0.2, 0.25) is 5.22 Å². The molecule has 3 rings (SSSR count). The fraction of sp³-hybridized carbons (Fsp3) is 0. The van der Waals surface area contributed by atoms with Gasteiger partial charge in [-0.25, -0.2) is 4.39 Å². The Labute approximate surface area is 112 Å². The third kappa shape index (κ3) is 1.98. The Balaban J connectivity index is 2.22. The van der Waals surface area contributed by atoms with Crippen molar-refractivity contribution in [3.63, 3.8) is 0 Å². The zero-order valence-corrected chi connectivity index (χ0v) is 10.3. The van der Waals surface area contributed by atoms with Crippen LogP contribution in [0.1, 0.15) is 0 Å². The zero-order valence-electron chi connectivity index (χ0n) is 9.56. The van der Waals surface area contributed by atoms with Gasteiger partial charge in [-0.3, -0.25) is 0 Å². The minimum absolute atomic E-state index is 0.0952. The average molecular weight is 279 g/mol. The van der Waals surface area contributed by atoms with Gasteiger partial charge in [0.05, 0.1) is 17.4 Å². The van der Waals surface area contributed by atoms with Gasteiger partial charge in [0.25, 0.3) is 0 Å². The highest BCUT2D eigenvalue weighted by Gasteiger charge is 2.21. The molecule has 0 aliphatic carbocycles. The summed E-state index contributed by atoms with van der Waals surface area (Å²) in [5.74, 6) is -0.278. The molecular formula is C13H8ClFN2O2. The van der Waals surface area contributed by atoms with Crippen LogP contribution in [-0.4, -0.2) is 5.16 Å².